The fourth-order valence-electron chi connectivity index (χ4n) is 2.99. The van der Waals surface area contributed by atoms with Crippen LogP contribution in [0.3, 0.4) is 0 Å². The highest BCUT2D eigenvalue weighted by molar-refractivity contribution is 7.90. The molecule has 1 aliphatic carbocycles. The molecule has 24 heavy (non-hydrogen) atoms. The van der Waals surface area contributed by atoms with Crippen molar-refractivity contribution in [2.45, 2.75) is 37.5 Å². The minimum Gasteiger partial charge on any atom is -0.298 e. The van der Waals surface area contributed by atoms with Gasteiger partial charge in [0.25, 0.3) is 5.91 Å². The van der Waals surface area contributed by atoms with E-state index in [1.165, 1.54) is 28.3 Å². The van der Waals surface area contributed by atoms with E-state index in [2.05, 4.69) is 17.2 Å². The number of nitrogens with one attached hydrogen (secondary N) is 1. The van der Waals surface area contributed by atoms with Gasteiger partial charge in [0.2, 0.25) is 0 Å². The van der Waals surface area contributed by atoms with Crippen molar-refractivity contribution in [2.24, 2.45) is 5.92 Å². The van der Waals surface area contributed by atoms with Gasteiger partial charge in [-0.2, -0.15) is 0 Å². The van der Waals surface area contributed by atoms with Crippen molar-refractivity contribution >= 4 is 32.2 Å². The molecule has 1 aliphatic rings. The number of fused-ring (bicyclic) bond motifs is 1. The summed E-state index contributed by atoms with van der Waals surface area (Å²) in [5.74, 6) is 0.252. The van der Waals surface area contributed by atoms with Gasteiger partial charge in [0.15, 0.2) is 15.0 Å². The zero-order chi connectivity index (χ0) is 17.3. The standard InChI is InChI=1S/C17H20N2O3S2/c1-3-11-8-9-13-14(10-11)23-17(18-13)19-16(20)12-6-4-5-7-15(12)24(2,21)22/h4-7,11H,3,8-10H2,1-2H3,(H,18,19,20). The number of rotatable bonds is 4. The van der Waals surface area contributed by atoms with Crippen molar-refractivity contribution in [1.82, 2.24) is 4.98 Å². The molecule has 128 valence electrons. The SMILES string of the molecule is CCC1CCc2nc(NC(=O)c3ccccc3S(C)(=O)=O)sc2C1. The zero-order valence-corrected chi connectivity index (χ0v) is 15.3. The van der Waals surface area contributed by atoms with E-state index in [9.17, 15) is 13.2 Å². The Labute approximate surface area is 146 Å². The summed E-state index contributed by atoms with van der Waals surface area (Å²) in [5.41, 5.74) is 1.22. The first-order valence-electron chi connectivity index (χ1n) is 7.97. The summed E-state index contributed by atoms with van der Waals surface area (Å²) in [7, 11) is -3.46. The molecule has 0 fully saturated rings. The normalized spacial score (nSPS) is 17.3. The molecular formula is C17H20N2O3S2. The first kappa shape index (κ1) is 17.1. The lowest BCUT2D eigenvalue weighted by Gasteiger charge is -2.18. The highest BCUT2D eigenvalue weighted by Crippen LogP contribution is 2.33. The van der Waals surface area contributed by atoms with E-state index >= 15 is 0 Å². The van der Waals surface area contributed by atoms with Crippen LogP contribution in [0.25, 0.3) is 0 Å². The number of amides is 1. The van der Waals surface area contributed by atoms with Gasteiger partial charge in [0, 0.05) is 11.1 Å². The van der Waals surface area contributed by atoms with Crippen LogP contribution in [0, 0.1) is 5.92 Å². The van der Waals surface area contributed by atoms with Crippen LogP contribution < -0.4 is 5.32 Å². The first-order chi connectivity index (χ1) is 11.4. The Hall–Kier alpha value is -1.73. The number of hydrogen-bond acceptors (Lipinski definition) is 5. The molecule has 1 N–H and O–H groups in total. The molecule has 3 rings (SSSR count). The molecule has 0 bridgehead atoms. The molecule has 1 unspecified atom stereocenters. The minimum absolute atomic E-state index is 0.0369. The Bertz CT molecular complexity index is 872. The Morgan fingerprint density at radius 1 is 1.38 bits per heavy atom. The van der Waals surface area contributed by atoms with Gasteiger partial charge < -0.3 is 0 Å². The molecule has 0 saturated heterocycles. The van der Waals surface area contributed by atoms with E-state index in [-0.39, 0.29) is 10.5 Å². The smallest absolute Gasteiger partial charge is 0.258 e. The Morgan fingerprint density at radius 3 is 2.83 bits per heavy atom. The molecule has 1 aromatic carbocycles. The van der Waals surface area contributed by atoms with Crippen molar-refractivity contribution in [3.63, 3.8) is 0 Å². The first-order valence-corrected chi connectivity index (χ1v) is 10.7. The third kappa shape index (κ3) is 3.52. The molecule has 2 aromatic rings. The van der Waals surface area contributed by atoms with Crippen LogP contribution in [0.1, 0.15) is 40.7 Å². The number of hydrogen-bond donors (Lipinski definition) is 1. The van der Waals surface area contributed by atoms with Gasteiger partial charge in [-0.1, -0.05) is 25.5 Å². The average Bonchev–Trinajstić information content (AvgIpc) is 2.95. The topological polar surface area (TPSA) is 76.1 Å². The number of nitrogens with zero attached hydrogens (tertiary/aromatic N) is 1. The van der Waals surface area contributed by atoms with Gasteiger partial charge in [0.05, 0.1) is 16.2 Å². The third-order valence-corrected chi connectivity index (χ3v) is 6.56. The van der Waals surface area contributed by atoms with Crippen LogP contribution in [0.15, 0.2) is 29.2 Å². The van der Waals surface area contributed by atoms with Gasteiger partial charge >= 0.3 is 0 Å². The molecule has 0 radical (unpaired) electrons. The molecule has 0 aliphatic heterocycles. The van der Waals surface area contributed by atoms with Crippen LogP contribution in [0.2, 0.25) is 0 Å². The second kappa shape index (κ2) is 6.64. The summed E-state index contributed by atoms with van der Waals surface area (Å²) in [6.45, 7) is 2.20. The van der Waals surface area contributed by atoms with Crippen molar-refractivity contribution in [2.75, 3.05) is 11.6 Å². The Morgan fingerprint density at radius 2 is 2.12 bits per heavy atom. The Balaban J connectivity index is 1.83. The predicted molar refractivity (Wildman–Crippen MR) is 95.4 cm³/mol. The van der Waals surface area contributed by atoms with E-state index in [4.69, 9.17) is 0 Å². The summed E-state index contributed by atoms with van der Waals surface area (Å²) in [6.07, 6.45) is 5.35. The molecule has 7 heteroatoms. The molecular weight excluding hydrogens is 344 g/mol. The number of anilines is 1. The van der Waals surface area contributed by atoms with E-state index in [1.807, 2.05) is 0 Å². The highest BCUT2D eigenvalue weighted by atomic mass is 32.2. The molecule has 1 heterocycles. The summed E-state index contributed by atoms with van der Waals surface area (Å²) in [4.78, 5) is 18.3. The fourth-order valence-corrected chi connectivity index (χ4v) is 4.99. The summed E-state index contributed by atoms with van der Waals surface area (Å²) in [5, 5.41) is 3.31. The van der Waals surface area contributed by atoms with E-state index < -0.39 is 15.7 Å². The summed E-state index contributed by atoms with van der Waals surface area (Å²) >= 11 is 1.50. The minimum atomic E-state index is -3.46. The van der Waals surface area contributed by atoms with E-state index in [0.29, 0.717) is 11.0 Å². The summed E-state index contributed by atoms with van der Waals surface area (Å²) < 4.78 is 23.7. The quantitative estimate of drug-likeness (QED) is 0.903. The summed E-state index contributed by atoms with van der Waals surface area (Å²) in [6, 6.07) is 6.23. The van der Waals surface area contributed by atoms with E-state index in [0.717, 1.165) is 37.6 Å². The monoisotopic (exact) mass is 364 g/mol. The van der Waals surface area contributed by atoms with Crippen LogP contribution in [0.5, 0.6) is 0 Å². The lowest BCUT2D eigenvalue weighted by molar-refractivity contribution is 0.102. The van der Waals surface area contributed by atoms with Crippen LogP contribution in [-0.4, -0.2) is 25.6 Å². The maximum Gasteiger partial charge on any atom is 0.258 e. The second-order valence-electron chi connectivity index (χ2n) is 6.13. The van der Waals surface area contributed by atoms with Crippen molar-refractivity contribution < 1.29 is 13.2 Å². The molecule has 1 amide bonds. The second-order valence-corrected chi connectivity index (χ2v) is 9.20. The predicted octanol–water partition coefficient (Wildman–Crippen LogP) is 3.31. The van der Waals surface area contributed by atoms with Gasteiger partial charge in [0.1, 0.15) is 0 Å². The van der Waals surface area contributed by atoms with Crippen LogP contribution >= 0.6 is 11.3 Å². The maximum absolute atomic E-state index is 12.5. The number of carbonyl (C=O) groups excluding carboxylic acids is 1. The van der Waals surface area contributed by atoms with Gasteiger partial charge in [-0.25, -0.2) is 13.4 Å². The number of sulfone groups is 1. The average molecular weight is 364 g/mol. The van der Waals surface area contributed by atoms with Crippen molar-refractivity contribution in [1.29, 1.82) is 0 Å². The van der Waals surface area contributed by atoms with Crippen LogP contribution in [0.4, 0.5) is 5.13 Å². The molecule has 5 nitrogen and oxygen atoms in total. The molecule has 1 atom stereocenters. The number of carbonyl (C=O) groups is 1. The number of thiazole rings is 1. The van der Waals surface area contributed by atoms with Gasteiger partial charge in [-0.3, -0.25) is 10.1 Å². The van der Waals surface area contributed by atoms with Crippen LogP contribution in [-0.2, 0) is 22.7 Å². The largest absolute Gasteiger partial charge is 0.298 e. The molecule has 1 aromatic heterocycles. The lowest BCUT2D eigenvalue weighted by atomic mass is 9.89. The number of benzene rings is 1. The van der Waals surface area contributed by atoms with Gasteiger partial charge in [-0.15, -0.1) is 11.3 Å². The van der Waals surface area contributed by atoms with E-state index in [1.54, 1.807) is 12.1 Å². The molecule has 0 saturated carbocycles. The Kier molecular flexibility index (Phi) is 4.73. The highest BCUT2D eigenvalue weighted by Gasteiger charge is 2.23. The number of aromatic nitrogens is 1. The van der Waals surface area contributed by atoms with Crippen molar-refractivity contribution in [3.8, 4) is 0 Å². The zero-order valence-electron chi connectivity index (χ0n) is 13.7. The van der Waals surface area contributed by atoms with Crippen molar-refractivity contribution in [3.05, 3.63) is 40.4 Å². The fraction of sp³-hybridized carbons (Fsp3) is 0.412. The lowest BCUT2D eigenvalue weighted by Crippen LogP contribution is -2.16. The number of aryl methyl sites for hydroxylation is 1. The third-order valence-electron chi connectivity index (χ3n) is 4.37. The maximum atomic E-state index is 12.5. The van der Waals surface area contributed by atoms with Gasteiger partial charge in [-0.05, 0) is 37.3 Å². The molecule has 0 spiro atoms.